The summed E-state index contributed by atoms with van der Waals surface area (Å²) in [4.78, 5) is 39.5. The van der Waals surface area contributed by atoms with Crippen LogP contribution in [0.15, 0.2) is 88.2 Å². The van der Waals surface area contributed by atoms with Crippen LogP contribution in [0.4, 0.5) is 4.39 Å². The largest absolute Gasteiger partial charge is 0.489 e. The minimum atomic E-state index is -1.80. The van der Waals surface area contributed by atoms with E-state index in [0.29, 0.717) is 17.9 Å². The summed E-state index contributed by atoms with van der Waals surface area (Å²) in [6, 6.07) is 21.4. The van der Waals surface area contributed by atoms with Crippen LogP contribution in [-0.2, 0) is 17.1 Å². The number of carbonyl (C=O) groups is 2. The number of hydrogen-bond donors (Lipinski definition) is 1. The summed E-state index contributed by atoms with van der Waals surface area (Å²) in [6.07, 6.45) is 0.0850. The quantitative estimate of drug-likeness (QED) is 0.320. The first kappa shape index (κ1) is 26.5. The van der Waals surface area contributed by atoms with Gasteiger partial charge < -0.3 is 10.1 Å². The summed E-state index contributed by atoms with van der Waals surface area (Å²) in [5.41, 5.74) is -0.181. The lowest BCUT2D eigenvalue weighted by atomic mass is 9.92. The second kappa shape index (κ2) is 11.2. The van der Waals surface area contributed by atoms with Crippen LogP contribution in [0, 0.1) is 11.7 Å². The summed E-state index contributed by atoms with van der Waals surface area (Å²) < 4.78 is 25.3. The van der Waals surface area contributed by atoms with E-state index in [-0.39, 0.29) is 23.7 Å². The average molecular weight is 518 g/mol. The van der Waals surface area contributed by atoms with Gasteiger partial charge >= 0.3 is 5.76 Å². The van der Waals surface area contributed by atoms with E-state index < -0.39 is 28.9 Å². The van der Waals surface area contributed by atoms with E-state index in [1.54, 1.807) is 24.3 Å². The molecule has 196 valence electrons. The van der Waals surface area contributed by atoms with Gasteiger partial charge in [0.1, 0.15) is 18.2 Å². The maximum Gasteiger partial charge on any atom is 0.444 e. The first-order chi connectivity index (χ1) is 18.2. The molecule has 0 fully saturated rings. The van der Waals surface area contributed by atoms with Crippen LogP contribution in [0.3, 0.4) is 0 Å². The molecule has 0 bridgehead atoms. The molecule has 0 aliphatic rings. The molecule has 0 saturated heterocycles. The van der Waals surface area contributed by atoms with E-state index in [9.17, 15) is 18.8 Å². The van der Waals surface area contributed by atoms with Gasteiger partial charge in [-0.1, -0.05) is 49.3 Å². The van der Waals surface area contributed by atoms with Gasteiger partial charge in [-0.05, 0) is 73.4 Å². The Kier molecular flexibility index (Phi) is 7.85. The molecule has 0 aliphatic carbocycles. The molecule has 1 heterocycles. The Hall–Kier alpha value is -4.53. The zero-order chi connectivity index (χ0) is 27.3. The molecule has 1 aromatic heterocycles. The topological polar surface area (TPSA) is 103 Å². The number of hydrogen-bond acceptors (Lipinski definition) is 6. The second-order valence-corrected chi connectivity index (χ2v) is 9.38. The van der Waals surface area contributed by atoms with E-state index in [4.69, 9.17) is 9.26 Å². The minimum Gasteiger partial charge on any atom is -0.489 e. The van der Waals surface area contributed by atoms with Crippen molar-refractivity contribution in [2.24, 2.45) is 5.92 Å². The molecule has 1 atom stereocenters. The molecule has 8 nitrogen and oxygen atoms in total. The fraction of sp³-hybridized carbons (Fsp3) is 0.241. The lowest BCUT2D eigenvalue weighted by Gasteiger charge is -2.34. The standard InChI is InChI=1S/C29H28FN3O5/c1-19(2)17-29(20(3)34,33-26(32-38-28(33)36)22-9-13-24(30)14-10-22)31-27(35)23-11-15-25(16-12-23)37-18-21-7-5-4-6-8-21/h4-16,19H,17-18H2,1-3H3,(H,31,35). The summed E-state index contributed by atoms with van der Waals surface area (Å²) in [5.74, 6) is -2.02. The van der Waals surface area contributed by atoms with Crippen molar-refractivity contribution >= 4 is 11.7 Å². The number of ketones is 1. The minimum absolute atomic E-state index is 0.00388. The Morgan fingerprint density at radius 3 is 2.29 bits per heavy atom. The Bertz CT molecular complexity index is 1460. The predicted molar refractivity (Wildman–Crippen MR) is 139 cm³/mol. The highest BCUT2D eigenvalue weighted by atomic mass is 19.1. The van der Waals surface area contributed by atoms with Crippen LogP contribution in [0.25, 0.3) is 11.4 Å². The number of nitrogens with one attached hydrogen (secondary N) is 1. The van der Waals surface area contributed by atoms with E-state index in [1.165, 1.54) is 31.2 Å². The smallest absolute Gasteiger partial charge is 0.444 e. The van der Waals surface area contributed by atoms with Gasteiger partial charge in [-0.15, -0.1) is 0 Å². The fourth-order valence-electron chi connectivity index (χ4n) is 4.25. The van der Waals surface area contributed by atoms with E-state index in [0.717, 1.165) is 10.1 Å². The molecule has 4 aromatic rings. The number of halogens is 1. The van der Waals surface area contributed by atoms with Crippen LogP contribution < -0.4 is 15.8 Å². The van der Waals surface area contributed by atoms with Gasteiger partial charge in [0.25, 0.3) is 5.91 Å². The number of aromatic nitrogens is 2. The third-order valence-corrected chi connectivity index (χ3v) is 6.06. The highest BCUT2D eigenvalue weighted by Gasteiger charge is 2.44. The number of Topliss-reactive ketones (excluding diaryl/α,β-unsaturated/α-hetero) is 1. The van der Waals surface area contributed by atoms with Crippen LogP contribution in [0.1, 0.15) is 43.1 Å². The van der Waals surface area contributed by atoms with Crippen molar-refractivity contribution in [2.45, 2.75) is 39.5 Å². The van der Waals surface area contributed by atoms with Gasteiger partial charge in [-0.3, -0.25) is 14.1 Å². The van der Waals surface area contributed by atoms with Crippen molar-refractivity contribution in [3.05, 3.63) is 106 Å². The van der Waals surface area contributed by atoms with Gasteiger partial charge in [-0.25, -0.2) is 13.8 Å². The molecule has 0 spiro atoms. The van der Waals surface area contributed by atoms with Crippen molar-refractivity contribution < 1.29 is 23.2 Å². The highest BCUT2D eigenvalue weighted by molar-refractivity contribution is 5.98. The van der Waals surface area contributed by atoms with E-state index in [1.807, 2.05) is 44.2 Å². The van der Waals surface area contributed by atoms with Gasteiger partial charge in [0.05, 0.1) is 0 Å². The highest BCUT2D eigenvalue weighted by Crippen LogP contribution is 2.29. The summed E-state index contributed by atoms with van der Waals surface area (Å²) in [5, 5.41) is 6.62. The average Bonchev–Trinajstić information content (AvgIpc) is 3.29. The van der Waals surface area contributed by atoms with Crippen molar-refractivity contribution in [3.8, 4) is 17.1 Å². The normalized spacial score (nSPS) is 12.7. The van der Waals surface area contributed by atoms with Crippen molar-refractivity contribution in [2.75, 3.05) is 0 Å². The molecule has 4 rings (SSSR count). The molecule has 3 aromatic carbocycles. The molecule has 9 heteroatoms. The van der Waals surface area contributed by atoms with Gasteiger partial charge in [0.15, 0.2) is 17.3 Å². The van der Waals surface area contributed by atoms with Crippen LogP contribution in [-0.4, -0.2) is 21.4 Å². The van der Waals surface area contributed by atoms with Crippen molar-refractivity contribution in [1.29, 1.82) is 0 Å². The number of rotatable bonds is 10. The molecule has 0 radical (unpaired) electrons. The first-order valence-electron chi connectivity index (χ1n) is 12.1. The Morgan fingerprint density at radius 1 is 1.03 bits per heavy atom. The van der Waals surface area contributed by atoms with Crippen molar-refractivity contribution in [3.63, 3.8) is 0 Å². The van der Waals surface area contributed by atoms with Crippen molar-refractivity contribution in [1.82, 2.24) is 15.0 Å². The fourth-order valence-corrected chi connectivity index (χ4v) is 4.25. The molecular weight excluding hydrogens is 489 g/mol. The van der Waals surface area contributed by atoms with Gasteiger partial charge in [0.2, 0.25) is 0 Å². The number of nitrogens with zero attached hydrogens (tertiary/aromatic N) is 2. The molecule has 1 amide bonds. The Labute approximate surface area is 219 Å². The predicted octanol–water partition coefficient (Wildman–Crippen LogP) is 4.94. The van der Waals surface area contributed by atoms with Crippen LogP contribution in [0.5, 0.6) is 5.75 Å². The first-order valence-corrected chi connectivity index (χ1v) is 12.1. The Morgan fingerprint density at radius 2 is 1.68 bits per heavy atom. The lowest BCUT2D eigenvalue weighted by Crippen LogP contribution is -2.59. The third-order valence-electron chi connectivity index (χ3n) is 6.06. The Balaban J connectivity index is 1.65. The summed E-state index contributed by atoms with van der Waals surface area (Å²) in [6.45, 7) is 5.38. The molecule has 1 N–H and O–H groups in total. The zero-order valence-corrected chi connectivity index (χ0v) is 21.3. The molecule has 0 aliphatic heterocycles. The van der Waals surface area contributed by atoms with E-state index in [2.05, 4.69) is 10.5 Å². The van der Waals surface area contributed by atoms with Gasteiger partial charge in [0, 0.05) is 11.1 Å². The number of amides is 1. The second-order valence-electron chi connectivity index (χ2n) is 9.38. The van der Waals surface area contributed by atoms with Crippen LogP contribution >= 0.6 is 0 Å². The zero-order valence-electron chi connectivity index (χ0n) is 21.3. The van der Waals surface area contributed by atoms with E-state index >= 15 is 0 Å². The van der Waals surface area contributed by atoms with Gasteiger partial charge in [-0.2, -0.15) is 0 Å². The molecular formula is C29H28FN3O5. The molecule has 1 unspecified atom stereocenters. The maximum absolute atomic E-state index is 13.5. The number of carbonyl (C=O) groups excluding carboxylic acids is 2. The third kappa shape index (κ3) is 5.72. The molecule has 0 saturated carbocycles. The number of ether oxygens (including phenoxy) is 1. The number of benzene rings is 3. The summed E-state index contributed by atoms with van der Waals surface area (Å²) >= 11 is 0. The monoisotopic (exact) mass is 517 g/mol. The molecule has 38 heavy (non-hydrogen) atoms. The maximum atomic E-state index is 13.5. The summed E-state index contributed by atoms with van der Waals surface area (Å²) in [7, 11) is 0. The lowest BCUT2D eigenvalue weighted by molar-refractivity contribution is -0.128. The van der Waals surface area contributed by atoms with Crippen LogP contribution in [0.2, 0.25) is 0 Å². The SMILES string of the molecule is CC(=O)C(CC(C)C)(NC(=O)c1ccc(OCc2ccccc2)cc1)n1c(-c2ccc(F)cc2)noc1=O.